The van der Waals surface area contributed by atoms with Crippen molar-refractivity contribution in [2.75, 3.05) is 0 Å². The molecule has 2 aromatic carbocycles. The fraction of sp³-hybridized carbons (Fsp3) is 0.158. The quantitative estimate of drug-likeness (QED) is 0.738. The van der Waals surface area contributed by atoms with Gasteiger partial charge in [0.1, 0.15) is 17.1 Å². The fourth-order valence-corrected chi connectivity index (χ4v) is 4.43. The van der Waals surface area contributed by atoms with Gasteiger partial charge in [0.15, 0.2) is 0 Å². The second-order valence-corrected chi connectivity index (χ2v) is 6.77. The van der Waals surface area contributed by atoms with Crippen molar-refractivity contribution in [3.05, 3.63) is 93.7 Å². The minimum Gasteiger partial charge on any atom is -0.279 e. The molecule has 1 aliphatic rings. The van der Waals surface area contributed by atoms with Gasteiger partial charge in [-0.25, -0.2) is 4.79 Å². The summed E-state index contributed by atoms with van der Waals surface area (Å²) in [5, 5.41) is 9.54. The van der Waals surface area contributed by atoms with Crippen molar-refractivity contribution < 1.29 is 0 Å². The first kappa shape index (κ1) is 14.9. The van der Waals surface area contributed by atoms with Crippen LogP contribution in [0.25, 0.3) is 0 Å². The Morgan fingerprint density at radius 2 is 1.75 bits per heavy atom. The van der Waals surface area contributed by atoms with E-state index in [4.69, 9.17) is 0 Å². The van der Waals surface area contributed by atoms with Crippen LogP contribution in [0.5, 0.6) is 0 Å². The van der Waals surface area contributed by atoms with Gasteiger partial charge in [-0.3, -0.25) is 9.13 Å². The van der Waals surface area contributed by atoms with E-state index in [1.165, 1.54) is 0 Å². The van der Waals surface area contributed by atoms with Gasteiger partial charge in [0.25, 0.3) is 0 Å². The predicted octanol–water partition coefficient (Wildman–Crippen LogP) is 3.36. The predicted molar refractivity (Wildman–Crippen MR) is 94.8 cm³/mol. The molecule has 1 atom stereocenters. The number of hydrogen-bond donors (Lipinski definition) is 0. The monoisotopic (exact) mass is 333 g/mol. The van der Waals surface area contributed by atoms with Crippen LogP contribution >= 0.6 is 11.8 Å². The first-order chi connectivity index (χ1) is 11.8. The number of nitrogens with zero attached hydrogens (tertiary/aromatic N) is 3. The average molecular weight is 333 g/mol. The zero-order valence-corrected chi connectivity index (χ0v) is 13.7. The lowest BCUT2D eigenvalue weighted by molar-refractivity contribution is 0.674. The highest BCUT2D eigenvalue weighted by Crippen LogP contribution is 2.40. The van der Waals surface area contributed by atoms with E-state index in [1.807, 2.05) is 60.7 Å². The van der Waals surface area contributed by atoms with Gasteiger partial charge >= 0.3 is 5.69 Å². The number of nitriles is 1. The molecular weight excluding hydrogens is 318 g/mol. The largest absolute Gasteiger partial charge is 0.330 e. The molecular formula is C19H15N3OS. The summed E-state index contributed by atoms with van der Waals surface area (Å²) in [6.45, 7) is 0.425. The SMILES string of the molecule is N#Cc1c2n(c(=O)n1Cc1ccccc1)[C@H](c1ccccc1)SC2. The molecule has 0 spiro atoms. The number of aromatic nitrogens is 2. The van der Waals surface area contributed by atoms with E-state index in [1.54, 1.807) is 20.9 Å². The number of thioether (sulfide) groups is 1. The van der Waals surface area contributed by atoms with Crippen molar-refractivity contribution in [3.63, 3.8) is 0 Å². The van der Waals surface area contributed by atoms with Crippen LogP contribution in [0, 0.1) is 11.3 Å². The topological polar surface area (TPSA) is 50.7 Å². The second-order valence-electron chi connectivity index (χ2n) is 5.71. The summed E-state index contributed by atoms with van der Waals surface area (Å²) >= 11 is 1.69. The molecule has 0 bridgehead atoms. The molecule has 0 unspecified atom stereocenters. The van der Waals surface area contributed by atoms with Crippen LogP contribution in [0.1, 0.15) is 27.9 Å². The normalized spacial score (nSPS) is 15.9. The van der Waals surface area contributed by atoms with Gasteiger partial charge < -0.3 is 0 Å². The van der Waals surface area contributed by atoms with E-state index in [0.717, 1.165) is 16.8 Å². The number of rotatable bonds is 3. The maximum Gasteiger partial charge on any atom is 0.330 e. The molecule has 0 radical (unpaired) electrons. The van der Waals surface area contributed by atoms with Crippen LogP contribution in [0.3, 0.4) is 0 Å². The van der Waals surface area contributed by atoms with E-state index >= 15 is 0 Å². The first-order valence-electron chi connectivity index (χ1n) is 7.74. The summed E-state index contributed by atoms with van der Waals surface area (Å²) in [5.74, 6) is 0.680. The van der Waals surface area contributed by atoms with E-state index < -0.39 is 0 Å². The Kier molecular flexibility index (Phi) is 3.75. The molecule has 0 saturated carbocycles. The van der Waals surface area contributed by atoms with Gasteiger partial charge in [0.2, 0.25) is 0 Å². The van der Waals surface area contributed by atoms with E-state index in [9.17, 15) is 10.1 Å². The number of hydrogen-bond acceptors (Lipinski definition) is 3. The highest BCUT2D eigenvalue weighted by atomic mass is 32.2. The maximum atomic E-state index is 13.0. The highest BCUT2D eigenvalue weighted by Gasteiger charge is 2.32. The van der Waals surface area contributed by atoms with Gasteiger partial charge in [0, 0.05) is 5.75 Å². The molecule has 1 aromatic heterocycles. The Morgan fingerprint density at radius 1 is 1.08 bits per heavy atom. The van der Waals surface area contributed by atoms with Crippen molar-refractivity contribution >= 4 is 11.8 Å². The average Bonchev–Trinajstić information content (AvgIpc) is 3.17. The van der Waals surface area contributed by atoms with Crippen LogP contribution in [0.2, 0.25) is 0 Å². The van der Waals surface area contributed by atoms with Gasteiger partial charge in [0.05, 0.1) is 12.2 Å². The lowest BCUT2D eigenvalue weighted by Crippen LogP contribution is -2.27. The van der Waals surface area contributed by atoms with Crippen molar-refractivity contribution in [1.82, 2.24) is 9.13 Å². The Hall–Kier alpha value is -2.71. The third kappa shape index (κ3) is 2.36. The molecule has 5 heteroatoms. The third-order valence-electron chi connectivity index (χ3n) is 4.26. The third-order valence-corrected chi connectivity index (χ3v) is 5.50. The Labute approximate surface area is 144 Å². The molecule has 2 heterocycles. The Bertz CT molecular complexity index is 968. The summed E-state index contributed by atoms with van der Waals surface area (Å²) in [4.78, 5) is 13.0. The summed E-state index contributed by atoms with van der Waals surface area (Å²) in [5.41, 5.74) is 3.31. The minimum absolute atomic E-state index is 0.0576. The summed E-state index contributed by atoms with van der Waals surface area (Å²) < 4.78 is 3.38. The molecule has 24 heavy (non-hydrogen) atoms. The lowest BCUT2D eigenvalue weighted by Gasteiger charge is -2.12. The molecule has 4 rings (SSSR count). The molecule has 0 N–H and O–H groups in total. The fourth-order valence-electron chi connectivity index (χ4n) is 3.12. The molecule has 3 aromatic rings. The molecule has 1 aliphatic heterocycles. The van der Waals surface area contributed by atoms with Crippen molar-refractivity contribution in [2.24, 2.45) is 0 Å². The van der Waals surface area contributed by atoms with Crippen molar-refractivity contribution in [3.8, 4) is 6.07 Å². The highest BCUT2D eigenvalue weighted by molar-refractivity contribution is 7.99. The zero-order chi connectivity index (χ0) is 16.5. The lowest BCUT2D eigenvalue weighted by atomic mass is 10.2. The smallest absolute Gasteiger partial charge is 0.279 e. The van der Waals surface area contributed by atoms with Gasteiger partial charge in [-0.2, -0.15) is 5.26 Å². The molecule has 0 fully saturated rings. The van der Waals surface area contributed by atoms with E-state index in [0.29, 0.717) is 18.0 Å². The van der Waals surface area contributed by atoms with Crippen LogP contribution in [-0.4, -0.2) is 9.13 Å². The summed E-state index contributed by atoms with van der Waals surface area (Å²) in [7, 11) is 0. The minimum atomic E-state index is -0.107. The van der Waals surface area contributed by atoms with E-state index in [-0.39, 0.29) is 11.1 Å². The van der Waals surface area contributed by atoms with E-state index in [2.05, 4.69) is 6.07 Å². The maximum absolute atomic E-state index is 13.0. The summed E-state index contributed by atoms with van der Waals surface area (Å²) in [6.07, 6.45) is 0. The van der Waals surface area contributed by atoms with Gasteiger partial charge in [-0.1, -0.05) is 60.7 Å². The summed E-state index contributed by atoms with van der Waals surface area (Å²) in [6, 6.07) is 22.0. The first-order valence-corrected chi connectivity index (χ1v) is 8.79. The standard InChI is InChI=1S/C19H15N3OS/c20-11-16-17-13-24-18(15-9-5-2-6-10-15)22(17)19(23)21(16)12-14-7-3-1-4-8-14/h1-10,18H,12-13H2/t18-/m0/s1. The Balaban J connectivity index is 1.82. The second kappa shape index (κ2) is 6.06. The van der Waals surface area contributed by atoms with Gasteiger partial charge in [-0.15, -0.1) is 11.8 Å². The van der Waals surface area contributed by atoms with Crippen LogP contribution < -0.4 is 5.69 Å². The van der Waals surface area contributed by atoms with Crippen LogP contribution in [0.15, 0.2) is 65.5 Å². The number of imidazole rings is 1. The van der Waals surface area contributed by atoms with Crippen molar-refractivity contribution in [1.29, 1.82) is 5.26 Å². The van der Waals surface area contributed by atoms with Crippen LogP contribution in [-0.2, 0) is 12.3 Å². The molecule has 0 aliphatic carbocycles. The van der Waals surface area contributed by atoms with Gasteiger partial charge in [-0.05, 0) is 11.1 Å². The molecule has 0 saturated heterocycles. The number of fused-ring (bicyclic) bond motifs is 1. The van der Waals surface area contributed by atoms with Crippen LogP contribution in [0.4, 0.5) is 0 Å². The Morgan fingerprint density at radius 3 is 2.42 bits per heavy atom. The number of benzene rings is 2. The van der Waals surface area contributed by atoms with Crippen molar-refractivity contribution in [2.45, 2.75) is 17.7 Å². The molecule has 118 valence electrons. The zero-order valence-electron chi connectivity index (χ0n) is 12.9. The molecule has 0 amide bonds. The molecule has 4 nitrogen and oxygen atoms in total.